The van der Waals surface area contributed by atoms with E-state index in [2.05, 4.69) is 30.2 Å². The summed E-state index contributed by atoms with van der Waals surface area (Å²) in [5, 5.41) is 15.3. The highest BCUT2D eigenvalue weighted by atomic mass is 32.2. The van der Waals surface area contributed by atoms with Crippen LogP contribution in [0, 0.1) is 6.92 Å². The van der Waals surface area contributed by atoms with Crippen LogP contribution in [0.3, 0.4) is 0 Å². The molecule has 4 N–H and O–H groups in total. The van der Waals surface area contributed by atoms with Crippen molar-refractivity contribution in [2.75, 3.05) is 36.8 Å². The number of nitrogens with zero attached hydrogens (tertiary/aromatic N) is 3. The minimum atomic E-state index is -3.58. The summed E-state index contributed by atoms with van der Waals surface area (Å²) in [5.74, 6) is -0.0855. The van der Waals surface area contributed by atoms with Crippen molar-refractivity contribution in [3.63, 3.8) is 0 Å². The number of carbonyl (C=O) groups excluding carboxylic acids is 1. The Kier molecular flexibility index (Phi) is 7.59. The van der Waals surface area contributed by atoms with Crippen LogP contribution in [0.15, 0.2) is 59.8 Å². The second kappa shape index (κ2) is 10.8. The molecule has 0 saturated carbocycles. The first-order valence-electron chi connectivity index (χ1n) is 11.3. The second-order valence-corrected chi connectivity index (χ2v) is 10.1. The van der Waals surface area contributed by atoms with Crippen LogP contribution in [0.5, 0.6) is 5.75 Å². The molecule has 0 spiro atoms. The number of likely N-dealkylation sites (tertiary alicyclic amines) is 1. The monoisotopic (exact) mass is 496 g/mol. The Balaban J connectivity index is 1.32. The molecule has 1 saturated heterocycles. The summed E-state index contributed by atoms with van der Waals surface area (Å²) in [4.78, 5) is 23.3. The molecule has 0 aliphatic carbocycles. The quantitative estimate of drug-likeness (QED) is 0.355. The molecule has 1 fully saturated rings. The fraction of sp³-hybridized carbons (Fsp3) is 0.292. The Labute approximate surface area is 204 Å². The Hall–Kier alpha value is -3.54. The SMILES string of the molecule is Cc1ccc(O)cc1C(=O)Nc1cnc(Nc2ccc(S(=O)(=O)NCCN3CCCC3)cc2)nc1. The largest absolute Gasteiger partial charge is 0.508 e. The summed E-state index contributed by atoms with van der Waals surface area (Å²) in [7, 11) is -3.58. The highest BCUT2D eigenvalue weighted by Gasteiger charge is 2.16. The zero-order valence-electron chi connectivity index (χ0n) is 19.4. The lowest BCUT2D eigenvalue weighted by Crippen LogP contribution is -2.33. The minimum Gasteiger partial charge on any atom is -0.508 e. The van der Waals surface area contributed by atoms with E-state index in [1.165, 1.54) is 49.5 Å². The summed E-state index contributed by atoms with van der Waals surface area (Å²) in [5.41, 5.74) is 2.09. The lowest BCUT2D eigenvalue weighted by Gasteiger charge is -2.15. The van der Waals surface area contributed by atoms with Gasteiger partial charge in [0, 0.05) is 24.3 Å². The van der Waals surface area contributed by atoms with E-state index in [0.717, 1.165) is 18.7 Å². The average Bonchev–Trinajstić information content (AvgIpc) is 3.36. The molecular formula is C24H28N6O4S. The van der Waals surface area contributed by atoms with Crippen LogP contribution in [-0.4, -0.2) is 60.5 Å². The number of aromatic nitrogens is 2. The van der Waals surface area contributed by atoms with Crippen molar-refractivity contribution in [2.24, 2.45) is 0 Å². The molecule has 10 nitrogen and oxygen atoms in total. The molecule has 1 aliphatic rings. The smallest absolute Gasteiger partial charge is 0.256 e. The van der Waals surface area contributed by atoms with Crippen LogP contribution in [0.1, 0.15) is 28.8 Å². The van der Waals surface area contributed by atoms with Gasteiger partial charge in [0.2, 0.25) is 16.0 Å². The van der Waals surface area contributed by atoms with Gasteiger partial charge in [-0.05, 0) is 74.8 Å². The average molecular weight is 497 g/mol. The fourth-order valence-electron chi connectivity index (χ4n) is 3.78. The molecule has 11 heteroatoms. The summed E-state index contributed by atoms with van der Waals surface area (Å²) < 4.78 is 27.7. The molecule has 0 atom stereocenters. The molecule has 0 radical (unpaired) electrons. The van der Waals surface area contributed by atoms with E-state index in [4.69, 9.17) is 0 Å². The van der Waals surface area contributed by atoms with Gasteiger partial charge in [0.15, 0.2) is 0 Å². The molecule has 1 aromatic heterocycles. The molecule has 35 heavy (non-hydrogen) atoms. The van der Waals surface area contributed by atoms with Crippen LogP contribution < -0.4 is 15.4 Å². The number of aryl methyl sites for hydroxylation is 1. The Morgan fingerprint density at radius 1 is 1.03 bits per heavy atom. The number of anilines is 3. The Morgan fingerprint density at radius 3 is 2.40 bits per heavy atom. The van der Waals surface area contributed by atoms with Gasteiger partial charge in [0.1, 0.15) is 5.75 Å². The lowest BCUT2D eigenvalue weighted by molar-refractivity contribution is 0.102. The van der Waals surface area contributed by atoms with E-state index in [0.29, 0.717) is 30.0 Å². The molecule has 1 amide bonds. The number of carbonyl (C=O) groups is 1. The van der Waals surface area contributed by atoms with Crippen LogP contribution in [-0.2, 0) is 10.0 Å². The van der Waals surface area contributed by atoms with Crippen LogP contribution >= 0.6 is 0 Å². The van der Waals surface area contributed by atoms with Gasteiger partial charge in [-0.15, -0.1) is 0 Å². The number of benzene rings is 2. The van der Waals surface area contributed by atoms with E-state index in [1.54, 1.807) is 25.1 Å². The number of phenolic OH excluding ortho intramolecular Hbond substituents is 1. The second-order valence-electron chi connectivity index (χ2n) is 8.34. The molecule has 184 valence electrons. The summed E-state index contributed by atoms with van der Waals surface area (Å²) in [6.07, 6.45) is 5.24. The number of nitrogens with one attached hydrogen (secondary N) is 3. The molecule has 4 rings (SSSR count). The first-order chi connectivity index (χ1) is 16.8. The van der Waals surface area contributed by atoms with Crippen LogP contribution in [0.4, 0.5) is 17.3 Å². The number of amides is 1. The fourth-order valence-corrected chi connectivity index (χ4v) is 4.81. The third kappa shape index (κ3) is 6.53. The van der Waals surface area contributed by atoms with E-state index in [1.807, 2.05) is 0 Å². The third-order valence-corrected chi connectivity index (χ3v) is 7.19. The maximum absolute atomic E-state index is 12.5. The van der Waals surface area contributed by atoms with Crippen molar-refractivity contribution < 1.29 is 18.3 Å². The zero-order chi connectivity index (χ0) is 24.8. The molecule has 2 heterocycles. The Bertz CT molecular complexity index is 1270. The van der Waals surface area contributed by atoms with E-state index in [-0.39, 0.29) is 22.5 Å². The van der Waals surface area contributed by atoms with Crippen molar-refractivity contribution in [2.45, 2.75) is 24.7 Å². The maximum Gasteiger partial charge on any atom is 0.256 e. The standard InChI is InChI=1S/C24H28N6O4S/c1-17-4-7-20(31)14-22(17)23(32)28-19-15-25-24(26-16-19)29-18-5-8-21(9-6-18)35(33,34)27-10-13-30-11-2-3-12-30/h4-9,14-16,27,31H,2-3,10-13H2,1H3,(H,28,32)(H,25,26,29). The first-order valence-corrected chi connectivity index (χ1v) is 12.8. The van der Waals surface area contributed by atoms with Crippen LogP contribution in [0.25, 0.3) is 0 Å². The summed E-state index contributed by atoms with van der Waals surface area (Å²) in [6.45, 7) is 4.91. The first kappa shape index (κ1) is 24.6. The van der Waals surface area contributed by atoms with E-state index < -0.39 is 10.0 Å². The topological polar surface area (TPSA) is 137 Å². The zero-order valence-corrected chi connectivity index (χ0v) is 20.2. The molecule has 0 bridgehead atoms. The highest BCUT2D eigenvalue weighted by Crippen LogP contribution is 2.19. The van der Waals surface area contributed by atoms with E-state index in [9.17, 15) is 18.3 Å². The van der Waals surface area contributed by atoms with Crippen molar-refractivity contribution in [1.29, 1.82) is 0 Å². The lowest BCUT2D eigenvalue weighted by atomic mass is 10.1. The van der Waals surface area contributed by atoms with Crippen LogP contribution in [0.2, 0.25) is 0 Å². The number of rotatable bonds is 9. The Morgan fingerprint density at radius 2 is 1.71 bits per heavy atom. The predicted octanol–water partition coefficient (Wildman–Crippen LogP) is 2.86. The van der Waals surface area contributed by atoms with Gasteiger partial charge in [-0.3, -0.25) is 4.79 Å². The number of phenols is 1. The van der Waals surface area contributed by atoms with Crippen molar-refractivity contribution in [3.8, 4) is 5.75 Å². The van der Waals surface area contributed by atoms with Crippen molar-refractivity contribution >= 4 is 33.3 Å². The normalized spacial score (nSPS) is 14.1. The number of aromatic hydroxyl groups is 1. The summed E-state index contributed by atoms with van der Waals surface area (Å²) in [6, 6.07) is 10.9. The summed E-state index contributed by atoms with van der Waals surface area (Å²) >= 11 is 0. The molecule has 2 aromatic carbocycles. The molecule has 0 unspecified atom stereocenters. The van der Waals surface area contributed by atoms with E-state index >= 15 is 0 Å². The minimum absolute atomic E-state index is 0.00762. The van der Waals surface area contributed by atoms with Gasteiger partial charge < -0.3 is 20.6 Å². The molecular weight excluding hydrogens is 468 g/mol. The molecule has 3 aromatic rings. The van der Waals surface area contributed by atoms with Gasteiger partial charge >= 0.3 is 0 Å². The number of sulfonamides is 1. The van der Waals surface area contributed by atoms with Gasteiger partial charge in [-0.2, -0.15) is 0 Å². The van der Waals surface area contributed by atoms with Gasteiger partial charge in [0.25, 0.3) is 5.91 Å². The van der Waals surface area contributed by atoms with Gasteiger partial charge in [0.05, 0.1) is 23.0 Å². The number of hydrogen-bond donors (Lipinski definition) is 4. The van der Waals surface area contributed by atoms with Gasteiger partial charge in [-0.1, -0.05) is 6.07 Å². The van der Waals surface area contributed by atoms with Gasteiger partial charge in [-0.25, -0.2) is 23.1 Å². The van der Waals surface area contributed by atoms with Crippen molar-refractivity contribution in [1.82, 2.24) is 19.6 Å². The predicted molar refractivity (Wildman–Crippen MR) is 133 cm³/mol. The van der Waals surface area contributed by atoms with Crippen molar-refractivity contribution in [3.05, 3.63) is 66.0 Å². The maximum atomic E-state index is 12.5. The third-order valence-electron chi connectivity index (χ3n) is 5.72. The number of hydrogen-bond acceptors (Lipinski definition) is 8. The molecule has 1 aliphatic heterocycles. The highest BCUT2D eigenvalue weighted by molar-refractivity contribution is 7.89.